The fraction of sp³-hybridized carbons (Fsp3) is 0.350. The lowest BCUT2D eigenvalue weighted by Crippen LogP contribution is -2.41. The highest BCUT2D eigenvalue weighted by Crippen LogP contribution is 2.37. The van der Waals surface area contributed by atoms with Crippen LogP contribution >= 0.6 is 23.4 Å². The Morgan fingerprint density at radius 3 is 2.29 bits per heavy atom. The summed E-state index contributed by atoms with van der Waals surface area (Å²) in [4.78, 5) is 13.7. The molecule has 0 bridgehead atoms. The summed E-state index contributed by atoms with van der Waals surface area (Å²) < 4.78 is 66.6. The molecule has 0 spiro atoms. The Hall–Kier alpha value is -1.75. The molecule has 3 rings (SSSR count). The molecular formula is C20H20ClF3N2O3S2. The van der Waals surface area contributed by atoms with Gasteiger partial charge in [-0.15, -0.1) is 11.8 Å². The molecule has 1 amide bonds. The van der Waals surface area contributed by atoms with Gasteiger partial charge < -0.3 is 5.32 Å². The third-order valence-corrected chi connectivity index (χ3v) is 7.96. The number of carbonyl (C=O) groups excluding carboxylic acids is 1. The molecule has 5 nitrogen and oxygen atoms in total. The summed E-state index contributed by atoms with van der Waals surface area (Å²) in [6.45, 7) is 0.217. The minimum absolute atomic E-state index is 0.0885. The van der Waals surface area contributed by atoms with Crippen LogP contribution in [-0.2, 0) is 21.0 Å². The van der Waals surface area contributed by atoms with Crippen LogP contribution in [0.4, 0.5) is 18.9 Å². The molecule has 0 unspecified atom stereocenters. The van der Waals surface area contributed by atoms with Crippen LogP contribution in [-0.4, -0.2) is 38.0 Å². The van der Waals surface area contributed by atoms with E-state index in [0.717, 1.165) is 17.0 Å². The zero-order chi connectivity index (χ0) is 22.8. The van der Waals surface area contributed by atoms with Gasteiger partial charge in [-0.1, -0.05) is 11.6 Å². The minimum Gasteiger partial charge on any atom is -0.325 e. The highest BCUT2D eigenvalue weighted by atomic mass is 35.5. The van der Waals surface area contributed by atoms with Crippen molar-refractivity contribution in [2.45, 2.75) is 28.8 Å². The van der Waals surface area contributed by atoms with Crippen molar-refractivity contribution >= 4 is 45.0 Å². The van der Waals surface area contributed by atoms with Crippen LogP contribution in [0.5, 0.6) is 0 Å². The molecule has 1 aliphatic rings. The smallest absolute Gasteiger partial charge is 0.325 e. The third kappa shape index (κ3) is 5.54. The predicted octanol–water partition coefficient (Wildman–Crippen LogP) is 5.12. The summed E-state index contributed by atoms with van der Waals surface area (Å²) in [5, 5.41) is 2.24. The van der Waals surface area contributed by atoms with Crippen LogP contribution in [0.3, 0.4) is 0 Å². The molecule has 0 aromatic heterocycles. The number of carbonyl (C=O) groups is 1. The van der Waals surface area contributed by atoms with E-state index in [9.17, 15) is 26.4 Å². The SMILES string of the molecule is CSc1ccc(S(=O)(=O)N2CCC(C(=O)Nc3ccc(Cl)cc3C(F)(F)F)CC2)cc1. The molecule has 0 radical (unpaired) electrons. The van der Waals surface area contributed by atoms with Crippen molar-refractivity contribution in [1.82, 2.24) is 4.31 Å². The van der Waals surface area contributed by atoms with E-state index in [0.29, 0.717) is 0 Å². The van der Waals surface area contributed by atoms with Crippen molar-refractivity contribution in [3.8, 4) is 0 Å². The quantitative estimate of drug-likeness (QED) is 0.588. The van der Waals surface area contributed by atoms with Crippen LogP contribution in [0.15, 0.2) is 52.3 Å². The first-order valence-corrected chi connectivity index (χ1v) is 12.4. The lowest BCUT2D eigenvalue weighted by Gasteiger charge is -2.30. The number of rotatable bonds is 5. The van der Waals surface area contributed by atoms with E-state index >= 15 is 0 Å². The Morgan fingerprint density at radius 2 is 1.74 bits per heavy atom. The van der Waals surface area contributed by atoms with Crippen molar-refractivity contribution in [3.63, 3.8) is 0 Å². The second kappa shape index (κ2) is 9.40. The third-order valence-electron chi connectivity index (χ3n) is 5.07. The topological polar surface area (TPSA) is 66.5 Å². The number of amides is 1. The highest BCUT2D eigenvalue weighted by Gasteiger charge is 2.36. The first-order valence-electron chi connectivity index (χ1n) is 9.34. The number of hydrogen-bond acceptors (Lipinski definition) is 4. The number of benzene rings is 2. The second-order valence-corrected chi connectivity index (χ2v) is 10.3. The zero-order valence-corrected chi connectivity index (χ0v) is 18.8. The molecular weight excluding hydrogens is 473 g/mol. The van der Waals surface area contributed by atoms with Crippen molar-refractivity contribution in [1.29, 1.82) is 0 Å². The average Bonchev–Trinajstić information content (AvgIpc) is 2.74. The molecule has 0 aliphatic carbocycles. The average molecular weight is 493 g/mol. The van der Waals surface area contributed by atoms with Gasteiger partial charge in [0, 0.05) is 28.9 Å². The van der Waals surface area contributed by atoms with Gasteiger partial charge in [0.15, 0.2) is 0 Å². The van der Waals surface area contributed by atoms with E-state index < -0.39 is 33.6 Å². The number of sulfonamides is 1. The Balaban J connectivity index is 1.66. The van der Waals surface area contributed by atoms with Crippen LogP contribution in [0.1, 0.15) is 18.4 Å². The van der Waals surface area contributed by atoms with E-state index in [1.807, 2.05) is 6.26 Å². The van der Waals surface area contributed by atoms with Gasteiger partial charge in [-0.25, -0.2) is 8.42 Å². The fourth-order valence-electron chi connectivity index (χ4n) is 3.35. The van der Waals surface area contributed by atoms with Crippen LogP contribution < -0.4 is 5.32 Å². The van der Waals surface area contributed by atoms with Gasteiger partial charge in [-0.2, -0.15) is 17.5 Å². The molecule has 0 atom stereocenters. The van der Waals surface area contributed by atoms with E-state index in [1.54, 1.807) is 24.3 Å². The number of anilines is 1. The Labute approximate surface area is 188 Å². The molecule has 1 fully saturated rings. The maximum Gasteiger partial charge on any atom is 0.418 e. The van der Waals surface area contributed by atoms with Gasteiger partial charge in [0.25, 0.3) is 0 Å². The minimum atomic E-state index is -4.67. The maximum atomic E-state index is 13.2. The lowest BCUT2D eigenvalue weighted by molar-refractivity contribution is -0.137. The molecule has 1 heterocycles. The van der Waals surface area contributed by atoms with E-state index in [1.165, 1.54) is 22.1 Å². The predicted molar refractivity (Wildman–Crippen MR) is 115 cm³/mol. The maximum absolute atomic E-state index is 13.2. The lowest BCUT2D eigenvalue weighted by atomic mass is 9.97. The number of halogens is 4. The van der Waals surface area contributed by atoms with Gasteiger partial charge in [0.1, 0.15) is 0 Å². The summed E-state index contributed by atoms with van der Waals surface area (Å²) in [5.41, 5.74) is -1.40. The second-order valence-electron chi connectivity index (χ2n) is 7.03. The zero-order valence-electron chi connectivity index (χ0n) is 16.4. The summed E-state index contributed by atoms with van der Waals surface area (Å²) in [6.07, 6.45) is -2.36. The molecule has 0 saturated carbocycles. The number of thioether (sulfide) groups is 1. The number of hydrogen-bond donors (Lipinski definition) is 1. The molecule has 1 N–H and O–H groups in total. The van der Waals surface area contributed by atoms with Crippen molar-refractivity contribution in [2.24, 2.45) is 5.92 Å². The van der Waals surface area contributed by atoms with Gasteiger partial charge in [-0.05, 0) is 61.6 Å². The number of piperidine rings is 1. The van der Waals surface area contributed by atoms with Crippen molar-refractivity contribution in [3.05, 3.63) is 53.1 Å². The Kier molecular flexibility index (Phi) is 7.25. The van der Waals surface area contributed by atoms with E-state index in [-0.39, 0.29) is 41.5 Å². The fourth-order valence-corrected chi connectivity index (χ4v) is 5.40. The monoisotopic (exact) mass is 492 g/mol. The molecule has 31 heavy (non-hydrogen) atoms. The largest absolute Gasteiger partial charge is 0.418 e. The molecule has 168 valence electrons. The molecule has 11 heteroatoms. The van der Waals surface area contributed by atoms with Crippen molar-refractivity contribution in [2.75, 3.05) is 24.7 Å². The van der Waals surface area contributed by atoms with Gasteiger partial charge in [0.05, 0.1) is 16.1 Å². The first-order chi connectivity index (χ1) is 14.5. The number of nitrogens with one attached hydrogen (secondary N) is 1. The summed E-state index contributed by atoms with van der Waals surface area (Å²) in [7, 11) is -3.70. The van der Waals surface area contributed by atoms with E-state index in [2.05, 4.69) is 5.32 Å². The van der Waals surface area contributed by atoms with Gasteiger partial charge >= 0.3 is 6.18 Å². The number of alkyl halides is 3. The first kappa shape index (κ1) is 23.9. The molecule has 2 aromatic rings. The Morgan fingerprint density at radius 1 is 1.13 bits per heavy atom. The summed E-state index contributed by atoms with van der Waals surface area (Å²) >= 11 is 7.16. The van der Waals surface area contributed by atoms with Gasteiger partial charge in [0.2, 0.25) is 15.9 Å². The number of nitrogens with zero attached hydrogens (tertiary/aromatic N) is 1. The standard InChI is InChI=1S/C20H20ClF3N2O3S2/c1-30-15-3-5-16(6-4-15)31(28,29)26-10-8-13(9-11-26)19(27)25-18-7-2-14(21)12-17(18)20(22,23)24/h2-7,12-13H,8-11H2,1H3,(H,25,27). The summed E-state index contributed by atoms with van der Waals surface area (Å²) in [6, 6.07) is 9.67. The van der Waals surface area contributed by atoms with E-state index in [4.69, 9.17) is 11.6 Å². The highest BCUT2D eigenvalue weighted by molar-refractivity contribution is 7.98. The van der Waals surface area contributed by atoms with Crippen LogP contribution in [0.25, 0.3) is 0 Å². The Bertz CT molecular complexity index is 1050. The van der Waals surface area contributed by atoms with Gasteiger partial charge in [-0.3, -0.25) is 4.79 Å². The van der Waals surface area contributed by atoms with Crippen LogP contribution in [0.2, 0.25) is 5.02 Å². The van der Waals surface area contributed by atoms with Crippen LogP contribution in [0, 0.1) is 5.92 Å². The normalized spacial score (nSPS) is 16.3. The summed E-state index contributed by atoms with van der Waals surface area (Å²) in [5.74, 6) is -1.17. The molecule has 1 saturated heterocycles. The molecule has 1 aliphatic heterocycles. The van der Waals surface area contributed by atoms with Crippen molar-refractivity contribution < 1.29 is 26.4 Å². The molecule has 2 aromatic carbocycles.